The maximum absolute atomic E-state index is 6.37. The fourth-order valence-electron chi connectivity index (χ4n) is 4.35. The summed E-state index contributed by atoms with van der Waals surface area (Å²) in [5.74, 6) is 1.23. The lowest BCUT2D eigenvalue weighted by Crippen LogP contribution is -2.39. The molecule has 0 fully saturated rings. The van der Waals surface area contributed by atoms with Crippen molar-refractivity contribution in [3.05, 3.63) is 100 Å². The highest BCUT2D eigenvalue weighted by atomic mass is 79.9. The number of ether oxygens (including phenoxy) is 1. The van der Waals surface area contributed by atoms with Gasteiger partial charge in [0.05, 0.1) is 0 Å². The first-order valence-electron chi connectivity index (χ1n) is 11.8. The molecule has 0 N–H and O–H groups in total. The number of hydrogen-bond donors (Lipinski definition) is 0. The van der Waals surface area contributed by atoms with Gasteiger partial charge >= 0.3 is 0 Å². The molecule has 3 heteroatoms. The summed E-state index contributed by atoms with van der Waals surface area (Å²) in [6.07, 6.45) is 2.21. The van der Waals surface area contributed by atoms with E-state index in [1.54, 1.807) is 0 Å². The summed E-state index contributed by atoms with van der Waals surface area (Å²) in [6, 6.07) is 28.8. The third kappa shape index (κ3) is 6.70. The molecule has 0 aliphatic heterocycles. The summed E-state index contributed by atoms with van der Waals surface area (Å²) in [6.45, 7) is 10.8. The normalized spacial score (nSPS) is 13.3. The van der Waals surface area contributed by atoms with Crippen LogP contribution in [-0.2, 0) is 6.61 Å². The Balaban J connectivity index is 1.91. The molecule has 0 saturated carbocycles. The summed E-state index contributed by atoms with van der Waals surface area (Å²) in [5.41, 5.74) is 3.76. The molecule has 0 amide bonds. The lowest BCUT2D eigenvalue weighted by Gasteiger charge is -2.34. The number of benzene rings is 3. The fraction of sp³-hybridized carbons (Fsp3) is 0.379. The maximum Gasteiger partial charge on any atom is 0.123 e. The van der Waals surface area contributed by atoms with Crippen molar-refractivity contribution in [2.24, 2.45) is 0 Å². The van der Waals surface area contributed by atoms with Crippen LogP contribution in [0.4, 0.5) is 0 Å². The predicted molar refractivity (Wildman–Crippen MR) is 139 cm³/mol. The summed E-state index contributed by atoms with van der Waals surface area (Å²) in [4.78, 5) is 2.62. The second kappa shape index (κ2) is 12.2. The smallest absolute Gasteiger partial charge is 0.123 e. The van der Waals surface area contributed by atoms with Crippen molar-refractivity contribution in [2.75, 3.05) is 6.54 Å². The fourth-order valence-corrected chi connectivity index (χ4v) is 4.72. The van der Waals surface area contributed by atoms with Gasteiger partial charge < -0.3 is 4.74 Å². The molecule has 0 aliphatic rings. The predicted octanol–water partition coefficient (Wildman–Crippen LogP) is 8.06. The van der Waals surface area contributed by atoms with Gasteiger partial charge in [-0.15, -0.1) is 0 Å². The molecule has 0 aliphatic carbocycles. The Labute approximate surface area is 202 Å². The van der Waals surface area contributed by atoms with Crippen LogP contribution in [0.5, 0.6) is 5.75 Å². The quantitative estimate of drug-likeness (QED) is 0.267. The molecule has 170 valence electrons. The van der Waals surface area contributed by atoms with Gasteiger partial charge in [-0.3, -0.25) is 4.90 Å². The van der Waals surface area contributed by atoms with Crippen molar-refractivity contribution >= 4 is 15.9 Å². The lowest BCUT2D eigenvalue weighted by atomic mass is 9.87. The highest BCUT2D eigenvalue weighted by Crippen LogP contribution is 2.37. The average Bonchev–Trinajstić information content (AvgIpc) is 2.81. The van der Waals surface area contributed by atoms with Crippen LogP contribution in [0.15, 0.2) is 83.3 Å². The van der Waals surface area contributed by atoms with E-state index >= 15 is 0 Å². The van der Waals surface area contributed by atoms with Crippen LogP contribution in [0.25, 0.3) is 0 Å². The Bertz CT molecular complexity index is 942. The van der Waals surface area contributed by atoms with Gasteiger partial charge in [0, 0.05) is 28.0 Å². The van der Waals surface area contributed by atoms with Crippen molar-refractivity contribution in [3.8, 4) is 5.75 Å². The lowest BCUT2D eigenvalue weighted by molar-refractivity contribution is 0.155. The Hall–Kier alpha value is -2.10. The van der Waals surface area contributed by atoms with Crippen molar-refractivity contribution in [3.63, 3.8) is 0 Å². The van der Waals surface area contributed by atoms with Crippen LogP contribution in [0.3, 0.4) is 0 Å². The van der Waals surface area contributed by atoms with E-state index < -0.39 is 0 Å². The van der Waals surface area contributed by atoms with Gasteiger partial charge in [-0.05, 0) is 69.5 Å². The molecule has 0 heterocycles. The minimum Gasteiger partial charge on any atom is -0.489 e. The molecule has 3 aromatic carbocycles. The van der Waals surface area contributed by atoms with Crippen LogP contribution in [0.2, 0.25) is 0 Å². The van der Waals surface area contributed by atoms with Crippen LogP contribution >= 0.6 is 15.9 Å². The molecule has 3 aromatic rings. The first kappa shape index (κ1) is 24.5. The standard InChI is InChI=1S/C29H36BrNO/c1-5-23(4)31(22(2)3)19-18-27(25-14-10-7-11-15-25)28-20-26(30)16-17-29(28)32-21-24-12-8-6-9-13-24/h6-17,20,22-23,27H,5,18-19,21H2,1-4H3. The van der Waals surface area contributed by atoms with E-state index in [0.717, 1.165) is 29.6 Å². The molecule has 2 unspecified atom stereocenters. The molecule has 0 aromatic heterocycles. The monoisotopic (exact) mass is 493 g/mol. The topological polar surface area (TPSA) is 12.5 Å². The molecule has 0 bridgehead atoms. The Morgan fingerprint density at radius 1 is 0.875 bits per heavy atom. The number of rotatable bonds is 11. The van der Waals surface area contributed by atoms with Crippen molar-refractivity contribution in [1.29, 1.82) is 0 Å². The van der Waals surface area contributed by atoms with Crippen molar-refractivity contribution < 1.29 is 4.74 Å². The summed E-state index contributed by atoms with van der Waals surface area (Å²) >= 11 is 3.70. The van der Waals surface area contributed by atoms with Crippen molar-refractivity contribution in [2.45, 2.75) is 65.1 Å². The highest BCUT2D eigenvalue weighted by molar-refractivity contribution is 9.10. The zero-order valence-electron chi connectivity index (χ0n) is 19.8. The van der Waals surface area contributed by atoms with Crippen LogP contribution in [-0.4, -0.2) is 23.5 Å². The van der Waals surface area contributed by atoms with Gasteiger partial charge in [-0.1, -0.05) is 83.5 Å². The van der Waals surface area contributed by atoms with Gasteiger partial charge in [0.2, 0.25) is 0 Å². The highest BCUT2D eigenvalue weighted by Gasteiger charge is 2.23. The van der Waals surface area contributed by atoms with Gasteiger partial charge in [0.25, 0.3) is 0 Å². The Morgan fingerprint density at radius 3 is 2.16 bits per heavy atom. The van der Waals surface area contributed by atoms with Crippen molar-refractivity contribution in [1.82, 2.24) is 4.90 Å². The third-order valence-corrected chi connectivity index (χ3v) is 6.78. The second-order valence-electron chi connectivity index (χ2n) is 8.80. The molecule has 2 nitrogen and oxygen atoms in total. The molecule has 0 saturated heterocycles. The second-order valence-corrected chi connectivity index (χ2v) is 9.71. The Kier molecular flexibility index (Phi) is 9.37. The van der Waals surface area contributed by atoms with Gasteiger partial charge in [-0.25, -0.2) is 0 Å². The number of nitrogens with zero attached hydrogens (tertiary/aromatic N) is 1. The van der Waals surface area contributed by atoms with E-state index in [-0.39, 0.29) is 5.92 Å². The van der Waals surface area contributed by atoms with E-state index in [4.69, 9.17) is 4.74 Å². The minimum atomic E-state index is 0.268. The molecule has 0 spiro atoms. The van der Waals surface area contributed by atoms with Crippen LogP contribution in [0, 0.1) is 0 Å². The molecule has 3 rings (SSSR count). The van der Waals surface area contributed by atoms with E-state index in [1.165, 1.54) is 16.7 Å². The summed E-state index contributed by atoms with van der Waals surface area (Å²) in [5, 5.41) is 0. The van der Waals surface area contributed by atoms with Gasteiger partial charge in [0.15, 0.2) is 0 Å². The number of hydrogen-bond acceptors (Lipinski definition) is 2. The first-order chi connectivity index (χ1) is 15.5. The molecular formula is C29H36BrNO. The first-order valence-corrected chi connectivity index (χ1v) is 12.6. The summed E-state index contributed by atoms with van der Waals surface area (Å²) in [7, 11) is 0. The zero-order chi connectivity index (χ0) is 22.9. The third-order valence-electron chi connectivity index (χ3n) is 6.28. The molecule has 32 heavy (non-hydrogen) atoms. The van der Waals surface area contributed by atoms with Gasteiger partial charge in [0.1, 0.15) is 12.4 Å². The maximum atomic E-state index is 6.37. The minimum absolute atomic E-state index is 0.268. The molecular weight excluding hydrogens is 458 g/mol. The Morgan fingerprint density at radius 2 is 1.53 bits per heavy atom. The van der Waals surface area contributed by atoms with E-state index in [1.807, 2.05) is 6.07 Å². The van der Waals surface area contributed by atoms with E-state index in [2.05, 4.69) is 121 Å². The molecule has 0 radical (unpaired) electrons. The van der Waals surface area contributed by atoms with E-state index in [0.29, 0.717) is 18.7 Å². The summed E-state index contributed by atoms with van der Waals surface area (Å²) < 4.78 is 7.46. The molecule has 2 atom stereocenters. The number of halogens is 1. The largest absolute Gasteiger partial charge is 0.489 e. The van der Waals surface area contributed by atoms with E-state index in [9.17, 15) is 0 Å². The van der Waals surface area contributed by atoms with Gasteiger partial charge in [-0.2, -0.15) is 0 Å². The van der Waals surface area contributed by atoms with Crippen LogP contribution in [0.1, 0.15) is 63.1 Å². The van der Waals surface area contributed by atoms with Crippen LogP contribution < -0.4 is 4.74 Å². The SMILES string of the molecule is CCC(C)N(CCC(c1ccccc1)c1cc(Br)ccc1OCc1ccccc1)C(C)C. The average molecular weight is 495 g/mol. The zero-order valence-corrected chi connectivity index (χ0v) is 21.4.